The maximum atomic E-state index is 3.76. The van der Waals surface area contributed by atoms with Crippen LogP contribution >= 0.6 is 0 Å². The van der Waals surface area contributed by atoms with E-state index in [4.69, 9.17) is 0 Å². The average molecular weight is 265 g/mol. The molecule has 3 rings (SSSR count). The van der Waals surface area contributed by atoms with Crippen LogP contribution in [0.25, 0.3) is 0 Å². The third-order valence-corrected chi connectivity index (χ3v) is 5.57. The number of rotatable bonds is 2. The van der Waals surface area contributed by atoms with Crippen LogP contribution in [0.5, 0.6) is 0 Å². The summed E-state index contributed by atoms with van der Waals surface area (Å²) in [4.78, 5) is 5.37. The van der Waals surface area contributed by atoms with Crippen LogP contribution in [-0.4, -0.2) is 61.7 Å². The van der Waals surface area contributed by atoms with Gasteiger partial charge in [-0.1, -0.05) is 12.8 Å². The summed E-state index contributed by atoms with van der Waals surface area (Å²) in [7, 11) is 2.33. The molecule has 0 spiro atoms. The molecule has 3 heteroatoms. The van der Waals surface area contributed by atoms with Gasteiger partial charge in [0.25, 0.3) is 0 Å². The molecule has 0 amide bonds. The van der Waals surface area contributed by atoms with Crippen molar-refractivity contribution in [3.63, 3.8) is 0 Å². The van der Waals surface area contributed by atoms with Crippen LogP contribution in [0, 0.1) is 5.92 Å². The first-order valence-corrected chi connectivity index (χ1v) is 8.49. The zero-order valence-electron chi connectivity index (χ0n) is 12.6. The molecule has 3 fully saturated rings. The third kappa shape index (κ3) is 3.50. The van der Waals surface area contributed by atoms with Crippen LogP contribution in [0.3, 0.4) is 0 Å². The summed E-state index contributed by atoms with van der Waals surface area (Å²) in [5, 5.41) is 3.76. The second kappa shape index (κ2) is 6.55. The molecule has 3 atom stereocenters. The number of nitrogens with one attached hydrogen (secondary N) is 1. The summed E-state index contributed by atoms with van der Waals surface area (Å²) in [6, 6.07) is 1.65. The maximum Gasteiger partial charge on any atom is 0.0195 e. The van der Waals surface area contributed by atoms with Gasteiger partial charge in [0.1, 0.15) is 0 Å². The lowest BCUT2D eigenvalue weighted by Gasteiger charge is -2.46. The summed E-state index contributed by atoms with van der Waals surface area (Å²) in [5.41, 5.74) is 0. The Morgan fingerprint density at radius 2 is 1.95 bits per heavy atom. The number of nitrogens with zero attached hydrogens (tertiary/aromatic N) is 2. The zero-order valence-corrected chi connectivity index (χ0v) is 12.6. The van der Waals surface area contributed by atoms with Crippen LogP contribution in [0.2, 0.25) is 0 Å². The normalized spacial score (nSPS) is 38.7. The fourth-order valence-corrected chi connectivity index (χ4v) is 4.46. The topological polar surface area (TPSA) is 18.5 Å². The highest BCUT2D eigenvalue weighted by atomic mass is 15.2. The van der Waals surface area contributed by atoms with E-state index in [1.165, 1.54) is 77.7 Å². The number of hydrogen-bond donors (Lipinski definition) is 1. The van der Waals surface area contributed by atoms with Crippen LogP contribution in [0.15, 0.2) is 0 Å². The van der Waals surface area contributed by atoms with Crippen LogP contribution < -0.4 is 5.32 Å². The first-order chi connectivity index (χ1) is 9.33. The first kappa shape index (κ1) is 13.8. The van der Waals surface area contributed by atoms with Gasteiger partial charge in [-0.3, -0.25) is 0 Å². The Labute approximate surface area is 118 Å². The van der Waals surface area contributed by atoms with Crippen molar-refractivity contribution in [1.82, 2.24) is 15.1 Å². The van der Waals surface area contributed by atoms with E-state index in [0.717, 1.165) is 18.0 Å². The Bertz CT molecular complexity index is 271. The number of hydrogen-bond acceptors (Lipinski definition) is 3. The van der Waals surface area contributed by atoms with Crippen molar-refractivity contribution in [3.05, 3.63) is 0 Å². The van der Waals surface area contributed by atoms with E-state index in [9.17, 15) is 0 Å². The number of likely N-dealkylation sites (tertiary alicyclic amines) is 2. The van der Waals surface area contributed by atoms with E-state index in [2.05, 4.69) is 22.2 Å². The molecule has 1 N–H and O–H groups in total. The van der Waals surface area contributed by atoms with Crippen molar-refractivity contribution in [2.24, 2.45) is 5.92 Å². The Kier molecular flexibility index (Phi) is 4.78. The lowest BCUT2D eigenvalue weighted by molar-refractivity contribution is 0.0347. The molecule has 0 bridgehead atoms. The fraction of sp³-hybridized carbons (Fsp3) is 1.00. The monoisotopic (exact) mass is 265 g/mol. The largest absolute Gasteiger partial charge is 0.313 e. The van der Waals surface area contributed by atoms with Gasteiger partial charge in [0, 0.05) is 25.2 Å². The lowest BCUT2D eigenvalue weighted by atomic mass is 9.84. The van der Waals surface area contributed by atoms with Gasteiger partial charge >= 0.3 is 0 Å². The summed E-state index contributed by atoms with van der Waals surface area (Å²) in [6.45, 7) is 6.54. The zero-order chi connectivity index (χ0) is 13.1. The molecule has 3 aliphatic rings. The van der Waals surface area contributed by atoms with E-state index in [1.807, 2.05) is 0 Å². The molecular formula is C16H31N3. The minimum atomic E-state index is 0.764. The van der Waals surface area contributed by atoms with Crippen molar-refractivity contribution in [2.45, 2.75) is 57.0 Å². The van der Waals surface area contributed by atoms with Gasteiger partial charge < -0.3 is 15.1 Å². The second-order valence-corrected chi connectivity index (χ2v) is 7.00. The molecular weight excluding hydrogens is 234 g/mol. The minimum absolute atomic E-state index is 0.764. The molecule has 3 unspecified atom stereocenters. The van der Waals surface area contributed by atoms with Crippen LogP contribution in [0.1, 0.15) is 44.9 Å². The van der Waals surface area contributed by atoms with E-state index >= 15 is 0 Å². The van der Waals surface area contributed by atoms with Crippen molar-refractivity contribution >= 4 is 0 Å². The molecule has 3 heterocycles. The Balaban J connectivity index is 1.50. The van der Waals surface area contributed by atoms with Crippen molar-refractivity contribution in [2.75, 3.05) is 39.8 Å². The summed E-state index contributed by atoms with van der Waals surface area (Å²) < 4.78 is 0. The van der Waals surface area contributed by atoms with Gasteiger partial charge in [-0.25, -0.2) is 0 Å². The molecule has 0 radical (unpaired) electrons. The Morgan fingerprint density at radius 3 is 2.89 bits per heavy atom. The van der Waals surface area contributed by atoms with E-state index in [0.29, 0.717) is 0 Å². The molecule has 0 aromatic rings. The predicted molar refractivity (Wildman–Crippen MR) is 80.5 cm³/mol. The molecule has 3 aliphatic heterocycles. The van der Waals surface area contributed by atoms with E-state index in [1.54, 1.807) is 0 Å². The van der Waals surface area contributed by atoms with Gasteiger partial charge in [0.05, 0.1) is 0 Å². The van der Waals surface area contributed by atoms with Gasteiger partial charge in [0.2, 0.25) is 0 Å². The Hall–Kier alpha value is -0.120. The van der Waals surface area contributed by atoms with Gasteiger partial charge in [-0.05, 0) is 64.7 Å². The molecule has 19 heavy (non-hydrogen) atoms. The fourth-order valence-electron chi connectivity index (χ4n) is 4.46. The SMILES string of the molecule is CN1CCCC2CN(CC3CCCCCN3)CCC21. The smallest absolute Gasteiger partial charge is 0.0195 e. The van der Waals surface area contributed by atoms with Crippen molar-refractivity contribution in [1.29, 1.82) is 0 Å². The van der Waals surface area contributed by atoms with Gasteiger partial charge in [-0.2, -0.15) is 0 Å². The number of fused-ring (bicyclic) bond motifs is 1. The molecule has 0 aromatic carbocycles. The van der Waals surface area contributed by atoms with Crippen molar-refractivity contribution < 1.29 is 0 Å². The first-order valence-electron chi connectivity index (χ1n) is 8.49. The minimum Gasteiger partial charge on any atom is -0.313 e. The highest BCUT2D eigenvalue weighted by molar-refractivity contribution is 4.90. The van der Waals surface area contributed by atoms with Gasteiger partial charge in [-0.15, -0.1) is 0 Å². The average Bonchev–Trinajstić information content (AvgIpc) is 2.68. The van der Waals surface area contributed by atoms with E-state index < -0.39 is 0 Å². The van der Waals surface area contributed by atoms with Crippen LogP contribution in [-0.2, 0) is 0 Å². The standard InChI is InChI=1S/C16H31N3/c1-18-10-5-6-14-12-19(11-8-16(14)18)13-15-7-3-2-4-9-17-15/h14-17H,2-13H2,1H3. The summed E-state index contributed by atoms with van der Waals surface area (Å²) in [5.74, 6) is 0.943. The molecule has 3 nitrogen and oxygen atoms in total. The molecule has 0 aromatic heterocycles. The quantitative estimate of drug-likeness (QED) is 0.823. The summed E-state index contributed by atoms with van der Waals surface area (Å²) >= 11 is 0. The molecule has 0 aliphatic carbocycles. The molecule has 0 saturated carbocycles. The molecule has 3 saturated heterocycles. The second-order valence-electron chi connectivity index (χ2n) is 7.00. The highest BCUT2D eigenvalue weighted by Gasteiger charge is 2.34. The molecule has 110 valence electrons. The number of piperidine rings is 2. The Morgan fingerprint density at radius 1 is 1.00 bits per heavy atom. The maximum absolute atomic E-state index is 3.76. The van der Waals surface area contributed by atoms with Crippen LogP contribution in [0.4, 0.5) is 0 Å². The highest BCUT2D eigenvalue weighted by Crippen LogP contribution is 2.29. The van der Waals surface area contributed by atoms with E-state index in [-0.39, 0.29) is 0 Å². The van der Waals surface area contributed by atoms with Crippen molar-refractivity contribution in [3.8, 4) is 0 Å². The van der Waals surface area contributed by atoms with Gasteiger partial charge in [0.15, 0.2) is 0 Å². The lowest BCUT2D eigenvalue weighted by Crippen LogP contribution is -2.54. The predicted octanol–water partition coefficient (Wildman–Crippen LogP) is 1.93. The third-order valence-electron chi connectivity index (χ3n) is 5.57. The summed E-state index contributed by atoms with van der Waals surface area (Å²) in [6.07, 6.45) is 9.90.